The van der Waals surface area contributed by atoms with E-state index in [1.807, 2.05) is 60.4 Å². The minimum absolute atomic E-state index is 0.00447. The molecule has 222 valence electrons. The fourth-order valence-electron chi connectivity index (χ4n) is 6.05. The zero-order valence-electron chi connectivity index (χ0n) is 24.4. The summed E-state index contributed by atoms with van der Waals surface area (Å²) in [6.07, 6.45) is 8.16. The Balaban J connectivity index is 1.16. The highest BCUT2D eigenvalue weighted by atomic mass is 35.5. The molecule has 2 heterocycles. The number of aryl methyl sites for hydroxylation is 2. The number of benzene rings is 2. The number of fused-ring (bicyclic) bond motifs is 1. The van der Waals surface area contributed by atoms with Gasteiger partial charge in [-0.3, -0.25) is 4.79 Å². The molecule has 1 aromatic heterocycles. The van der Waals surface area contributed by atoms with Gasteiger partial charge < -0.3 is 18.8 Å². The maximum absolute atomic E-state index is 13.2. The van der Waals surface area contributed by atoms with Gasteiger partial charge in [-0.05, 0) is 73.9 Å². The molecule has 1 amide bonds. The molecule has 2 aromatic carbocycles. The summed E-state index contributed by atoms with van der Waals surface area (Å²) >= 11 is 6.03. The predicted octanol–water partition coefficient (Wildman–Crippen LogP) is 7.30. The lowest BCUT2D eigenvalue weighted by atomic mass is 9.82. The van der Waals surface area contributed by atoms with Crippen molar-refractivity contribution in [3.63, 3.8) is 0 Å². The number of nitrogens with zero attached hydrogens (tertiary/aromatic N) is 2. The van der Waals surface area contributed by atoms with E-state index in [0.717, 1.165) is 47.8 Å². The molecule has 0 unspecified atom stereocenters. The van der Waals surface area contributed by atoms with E-state index in [0.29, 0.717) is 41.3 Å². The van der Waals surface area contributed by atoms with Crippen LogP contribution in [-0.2, 0) is 20.7 Å². The first-order chi connectivity index (χ1) is 20.4. The predicted molar refractivity (Wildman–Crippen MR) is 163 cm³/mol. The lowest BCUT2D eigenvalue weighted by Gasteiger charge is -2.22. The van der Waals surface area contributed by atoms with E-state index in [1.165, 1.54) is 25.7 Å². The molecule has 2 aliphatic rings. The Bertz CT molecular complexity index is 1380. The van der Waals surface area contributed by atoms with Crippen LogP contribution >= 0.6 is 11.6 Å². The molecule has 8 heteroatoms. The van der Waals surface area contributed by atoms with E-state index in [-0.39, 0.29) is 18.9 Å². The minimum atomic E-state index is -0.441. The number of rotatable bonds is 11. The van der Waals surface area contributed by atoms with Gasteiger partial charge in [-0.1, -0.05) is 48.7 Å². The summed E-state index contributed by atoms with van der Waals surface area (Å²) in [5.74, 6) is 2.96. The highest BCUT2D eigenvalue weighted by molar-refractivity contribution is 6.30. The molecule has 0 spiro atoms. The van der Waals surface area contributed by atoms with Crippen molar-refractivity contribution in [3.8, 4) is 17.0 Å². The number of carbonyl (C=O) groups excluding carboxylic acids is 2. The lowest BCUT2D eigenvalue weighted by molar-refractivity contribution is -0.140. The van der Waals surface area contributed by atoms with E-state index >= 15 is 0 Å². The molecule has 3 aromatic rings. The average Bonchev–Trinajstić information content (AvgIpc) is 3.59. The van der Waals surface area contributed by atoms with Gasteiger partial charge in [-0.15, -0.1) is 0 Å². The smallest absolute Gasteiger partial charge is 0.334 e. The number of aromatic nitrogens is 1. The number of hydrogen-bond acceptors (Lipinski definition) is 6. The van der Waals surface area contributed by atoms with Crippen LogP contribution in [0.4, 0.5) is 0 Å². The van der Waals surface area contributed by atoms with Crippen molar-refractivity contribution in [1.82, 2.24) is 9.88 Å². The molecule has 0 radical (unpaired) electrons. The molecule has 5 rings (SSSR count). The van der Waals surface area contributed by atoms with Crippen LogP contribution in [0.3, 0.4) is 0 Å². The SMILES string of the molecule is CCOC(=O)/C(=C/c1ccc(OCCCc2oc(C)nc2-c2ccc(Cl)cc2)cc1)CC(=O)N1C[C@H]2CCCC[C@H]2C1. The fraction of sp³-hybridized carbons (Fsp3) is 0.441. The van der Waals surface area contributed by atoms with Crippen molar-refractivity contribution in [1.29, 1.82) is 0 Å². The van der Waals surface area contributed by atoms with Gasteiger partial charge in [-0.25, -0.2) is 9.78 Å². The maximum Gasteiger partial charge on any atom is 0.334 e. The van der Waals surface area contributed by atoms with Crippen molar-refractivity contribution in [3.05, 3.63) is 76.3 Å². The van der Waals surface area contributed by atoms with E-state index in [2.05, 4.69) is 4.98 Å². The molecule has 1 aliphatic carbocycles. The number of likely N-dealkylation sites (tertiary alicyclic amines) is 1. The third-order valence-electron chi connectivity index (χ3n) is 8.17. The second-order valence-electron chi connectivity index (χ2n) is 11.2. The molecule has 7 nitrogen and oxygen atoms in total. The summed E-state index contributed by atoms with van der Waals surface area (Å²) in [4.78, 5) is 32.4. The molecule has 42 heavy (non-hydrogen) atoms. The van der Waals surface area contributed by atoms with Crippen molar-refractivity contribution in [2.75, 3.05) is 26.3 Å². The van der Waals surface area contributed by atoms with Gasteiger partial charge in [0.25, 0.3) is 0 Å². The molecule has 1 saturated carbocycles. The van der Waals surface area contributed by atoms with Gasteiger partial charge in [0.2, 0.25) is 5.91 Å². The molecule has 2 atom stereocenters. The Morgan fingerprint density at radius 2 is 1.74 bits per heavy atom. The molecular formula is C34H39ClN2O5. The Morgan fingerprint density at radius 3 is 2.40 bits per heavy atom. The first-order valence-electron chi connectivity index (χ1n) is 15.0. The van der Waals surface area contributed by atoms with Crippen LogP contribution in [0.2, 0.25) is 5.02 Å². The molecule has 1 saturated heterocycles. The number of esters is 1. The Morgan fingerprint density at radius 1 is 1.05 bits per heavy atom. The molecular weight excluding hydrogens is 552 g/mol. The number of hydrogen-bond donors (Lipinski definition) is 0. The van der Waals surface area contributed by atoms with Crippen LogP contribution in [0.1, 0.15) is 62.7 Å². The van der Waals surface area contributed by atoms with Gasteiger partial charge in [0.05, 0.1) is 19.6 Å². The van der Waals surface area contributed by atoms with Crippen molar-refractivity contribution in [2.45, 2.75) is 58.8 Å². The van der Waals surface area contributed by atoms with E-state index < -0.39 is 5.97 Å². The zero-order chi connectivity index (χ0) is 29.5. The number of halogens is 1. The summed E-state index contributed by atoms with van der Waals surface area (Å²) in [7, 11) is 0. The highest BCUT2D eigenvalue weighted by Crippen LogP contribution is 2.36. The van der Waals surface area contributed by atoms with Gasteiger partial charge in [-0.2, -0.15) is 0 Å². The van der Waals surface area contributed by atoms with Crippen molar-refractivity contribution < 1.29 is 23.5 Å². The average molecular weight is 591 g/mol. The Hall–Kier alpha value is -3.58. The van der Waals surface area contributed by atoms with Crippen LogP contribution in [0.25, 0.3) is 17.3 Å². The van der Waals surface area contributed by atoms with E-state index in [1.54, 1.807) is 13.0 Å². The standard InChI is InChI=1S/C34H39ClN2O5/c1-3-40-34(39)28(20-32(38)37-21-26-7-4-5-8-27(26)22-37)19-24-10-16-30(17-11-24)41-18-6-9-31-33(36-23(2)42-31)25-12-14-29(35)15-13-25/h10-17,19,26-27H,3-9,18,20-22H2,1-2H3/b28-19+/t26-,27+. The van der Waals surface area contributed by atoms with Crippen LogP contribution in [0.15, 0.2) is 58.5 Å². The van der Waals surface area contributed by atoms with E-state index in [4.69, 9.17) is 25.5 Å². The van der Waals surface area contributed by atoms with Gasteiger partial charge in [0.15, 0.2) is 5.89 Å². The summed E-state index contributed by atoms with van der Waals surface area (Å²) in [5, 5.41) is 0.681. The number of amides is 1. The summed E-state index contributed by atoms with van der Waals surface area (Å²) in [5.41, 5.74) is 3.00. The van der Waals surface area contributed by atoms with Crippen molar-refractivity contribution >= 4 is 29.6 Å². The Kier molecular flexibility index (Phi) is 10.0. The van der Waals surface area contributed by atoms with Gasteiger partial charge >= 0.3 is 5.97 Å². The maximum atomic E-state index is 13.2. The number of oxazole rings is 1. The third kappa shape index (κ3) is 7.62. The van der Waals surface area contributed by atoms with Crippen LogP contribution < -0.4 is 4.74 Å². The van der Waals surface area contributed by atoms with Crippen LogP contribution in [0, 0.1) is 18.8 Å². The first kappa shape index (κ1) is 29.9. The fourth-order valence-corrected chi connectivity index (χ4v) is 6.17. The quantitative estimate of drug-likeness (QED) is 0.132. The molecule has 2 fully saturated rings. The van der Waals surface area contributed by atoms with Crippen LogP contribution in [0.5, 0.6) is 5.75 Å². The summed E-state index contributed by atoms with van der Waals surface area (Å²) in [6, 6.07) is 15.1. The Labute approximate surface area is 252 Å². The summed E-state index contributed by atoms with van der Waals surface area (Å²) in [6.45, 7) is 6.01. The topological polar surface area (TPSA) is 81.9 Å². The summed E-state index contributed by atoms with van der Waals surface area (Å²) < 4.78 is 17.1. The molecule has 0 bridgehead atoms. The van der Waals surface area contributed by atoms with Crippen LogP contribution in [-0.4, -0.2) is 48.1 Å². The molecule has 1 aliphatic heterocycles. The normalized spacial score (nSPS) is 18.5. The van der Waals surface area contributed by atoms with Gasteiger partial charge in [0, 0.05) is 42.6 Å². The number of carbonyl (C=O) groups is 2. The number of ether oxygens (including phenoxy) is 2. The molecule has 0 N–H and O–H groups in total. The second-order valence-corrected chi connectivity index (χ2v) is 11.6. The monoisotopic (exact) mass is 590 g/mol. The lowest BCUT2D eigenvalue weighted by Crippen LogP contribution is -2.30. The third-order valence-corrected chi connectivity index (χ3v) is 8.42. The first-order valence-corrected chi connectivity index (χ1v) is 15.4. The zero-order valence-corrected chi connectivity index (χ0v) is 25.2. The van der Waals surface area contributed by atoms with Gasteiger partial charge in [0.1, 0.15) is 17.2 Å². The van der Waals surface area contributed by atoms with Crippen molar-refractivity contribution in [2.24, 2.45) is 11.8 Å². The largest absolute Gasteiger partial charge is 0.494 e. The second kappa shape index (κ2) is 14.1. The van der Waals surface area contributed by atoms with E-state index in [9.17, 15) is 9.59 Å². The minimum Gasteiger partial charge on any atom is -0.494 e. The highest BCUT2D eigenvalue weighted by Gasteiger charge is 2.36.